The highest BCUT2D eigenvalue weighted by molar-refractivity contribution is 7.89. The lowest BCUT2D eigenvalue weighted by molar-refractivity contribution is -0.142. The first kappa shape index (κ1) is 15.7. The second-order valence-corrected chi connectivity index (χ2v) is 6.92. The molecule has 0 saturated carbocycles. The van der Waals surface area contributed by atoms with Crippen molar-refractivity contribution in [1.29, 1.82) is 0 Å². The highest BCUT2D eigenvalue weighted by atomic mass is 32.2. The van der Waals surface area contributed by atoms with Gasteiger partial charge in [0.2, 0.25) is 10.0 Å². The summed E-state index contributed by atoms with van der Waals surface area (Å²) in [5.41, 5.74) is 0.630. The number of carbonyl (C=O) groups is 1. The molecule has 0 bridgehead atoms. The standard InChI is InChI=1S/C13H19N3O4S/c1-2-15-11-6-12(8-14-7-11)21(19,20)16-5-3-4-10(9-16)13(17)18/h6-8,10,15H,2-5,9H2,1H3,(H,17,18). The first-order valence-corrected chi connectivity index (χ1v) is 8.31. The second kappa shape index (κ2) is 6.40. The van der Waals surface area contributed by atoms with Gasteiger partial charge in [-0.1, -0.05) is 0 Å². The van der Waals surface area contributed by atoms with Crippen molar-refractivity contribution in [1.82, 2.24) is 9.29 Å². The number of aromatic nitrogens is 1. The molecular formula is C13H19N3O4S. The van der Waals surface area contributed by atoms with Crippen LogP contribution in [-0.4, -0.2) is 48.4 Å². The number of nitrogens with one attached hydrogen (secondary N) is 1. The van der Waals surface area contributed by atoms with Gasteiger partial charge < -0.3 is 10.4 Å². The molecule has 7 nitrogen and oxygen atoms in total. The zero-order valence-corrected chi connectivity index (χ0v) is 12.6. The molecule has 1 fully saturated rings. The van der Waals surface area contributed by atoms with Crippen molar-refractivity contribution in [3.05, 3.63) is 18.5 Å². The fraction of sp³-hybridized carbons (Fsp3) is 0.538. The third kappa shape index (κ3) is 3.51. The lowest BCUT2D eigenvalue weighted by atomic mass is 10.0. The van der Waals surface area contributed by atoms with Crippen molar-refractivity contribution in [2.45, 2.75) is 24.7 Å². The zero-order valence-electron chi connectivity index (χ0n) is 11.8. The maximum absolute atomic E-state index is 12.6. The van der Waals surface area contributed by atoms with E-state index < -0.39 is 21.9 Å². The lowest BCUT2D eigenvalue weighted by Gasteiger charge is -2.29. The fourth-order valence-corrected chi connectivity index (χ4v) is 3.89. The Morgan fingerprint density at radius 3 is 2.95 bits per heavy atom. The van der Waals surface area contributed by atoms with Crippen molar-refractivity contribution in [3.63, 3.8) is 0 Å². The summed E-state index contributed by atoms with van der Waals surface area (Å²) in [5.74, 6) is -1.59. The first-order chi connectivity index (χ1) is 9.95. The molecule has 0 aliphatic carbocycles. The van der Waals surface area contributed by atoms with Gasteiger partial charge in [0.1, 0.15) is 4.90 Å². The molecule has 0 radical (unpaired) electrons. The van der Waals surface area contributed by atoms with E-state index in [0.717, 1.165) is 0 Å². The molecule has 2 rings (SSSR count). The van der Waals surface area contributed by atoms with Crippen LogP contribution in [0.5, 0.6) is 0 Å². The van der Waals surface area contributed by atoms with Crippen molar-refractivity contribution in [3.8, 4) is 0 Å². The van der Waals surface area contributed by atoms with Crippen LogP contribution in [0, 0.1) is 5.92 Å². The topological polar surface area (TPSA) is 99.6 Å². The number of anilines is 1. The van der Waals surface area contributed by atoms with E-state index in [2.05, 4.69) is 10.3 Å². The average molecular weight is 313 g/mol. The fourth-order valence-electron chi connectivity index (χ4n) is 2.37. The predicted molar refractivity (Wildman–Crippen MR) is 77.5 cm³/mol. The van der Waals surface area contributed by atoms with Crippen molar-refractivity contribution in [2.24, 2.45) is 5.92 Å². The highest BCUT2D eigenvalue weighted by Gasteiger charge is 2.33. The number of carboxylic acid groups (broad SMARTS) is 1. The van der Waals surface area contributed by atoms with Gasteiger partial charge in [0.05, 0.1) is 17.8 Å². The van der Waals surface area contributed by atoms with Gasteiger partial charge in [0.15, 0.2) is 0 Å². The molecule has 21 heavy (non-hydrogen) atoms. The number of aliphatic carboxylic acids is 1. The molecule has 1 aromatic heterocycles. The molecule has 1 saturated heterocycles. The summed E-state index contributed by atoms with van der Waals surface area (Å²) in [6.45, 7) is 2.93. The molecule has 1 aliphatic rings. The Balaban J connectivity index is 2.24. The van der Waals surface area contributed by atoms with Gasteiger partial charge in [0.25, 0.3) is 0 Å². The Labute approximate surface area is 124 Å². The van der Waals surface area contributed by atoms with Crippen LogP contribution in [0.1, 0.15) is 19.8 Å². The van der Waals surface area contributed by atoms with E-state index in [0.29, 0.717) is 31.6 Å². The summed E-state index contributed by atoms with van der Waals surface area (Å²) in [7, 11) is -3.70. The Morgan fingerprint density at radius 1 is 1.52 bits per heavy atom. The molecule has 1 aliphatic heterocycles. The summed E-state index contributed by atoms with van der Waals surface area (Å²) in [6.07, 6.45) is 3.91. The van der Waals surface area contributed by atoms with Crippen LogP contribution >= 0.6 is 0 Å². The summed E-state index contributed by atoms with van der Waals surface area (Å²) < 4.78 is 26.4. The molecule has 0 spiro atoms. The molecule has 2 heterocycles. The first-order valence-electron chi connectivity index (χ1n) is 6.87. The summed E-state index contributed by atoms with van der Waals surface area (Å²) >= 11 is 0. The summed E-state index contributed by atoms with van der Waals surface area (Å²) in [5, 5.41) is 12.1. The minimum Gasteiger partial charge on any atom is -0.481 e. The quantitative estimate of drug-likeness (QED) is 0.841. The molecule has 0 amide bonds. The van der Waals surface area contributed by atoms with E-state index in [1.165, 1.54) is 16.6 Å². The van der Waals surface area contributed by atoms with Crippen LogP contribution in [0.4, 0.5) is 5.69 Å². The van der Waals surface area contributed by atoms with E-state index in [1.807, 2.05) is 6.92 Å². The number of hydrogen-bond acceptors (Lipinski definition) is 5. The van der Waals surface area contributed by atoms with Crippen LogP contribution < -0.4 is 5.32 Å². The molecule has 0 aromatic carbocycles. The number of rotatable bonds is 5. The van der Waals surface area contributed by atoms with E-state index in [4.69, 9.17) is 5.11 Å². The van der Waals surface area contributed by atoms with Gasteiger partial charge in [-0.05, 0) is 25.8 Å². The van der Waals surface area contributed by atoms with Gasteiger partial charge in [-0.3, -0.25) is 9.78 Å². The van der Waals surface area contributed by atoms with Crippen LogP contribution in [0.25, 0.3) is 0 Å². The Bertz CT molecular complexity index is 618. The average Bonchev–Trinajstić information content (AvgIpc) is 2.48. The molecule has 1 unspecified atom stereocenters. The number of sulfonamides is 1. The SMILES string of the molecule is CCNc1cncc(S(=O)(=O)N2CCCC(C(=O)O)C2)c1. The van der Waals surface area contributed by atoms with Gasteiger partial charge in [-0.25, -0.2) is 8.42 Å². The zero-order chi connectivity index (χ0) is 15.5. The van der Waals surface area contributed by atoms with Crippen LogP contribution in [-0.2, 0) is 14.8 Å². The molecule has 1 atom stereocenters. The van der Waals surface area contributed by atoms with Crippen LogP contribution in [0.15, 0.2) is 23.4 Å². The van der Waals surface area contributed by atoms with Crippen LogP contribution in [0.2, 0.25) is 0 Å². The minimum atomic E-state index is -3.70. The number of carboxylic acids is 1. The maximum atomic E-state index is 12.6. The number of hydrogen-bond donors (Lipinski definition) is 2. The molecular weight excluding hydrogens is 294 g/mol. The van der Waals surface area contributed by atoms with Gasteiger partial charge in [-0.2, -0.15) is 4.31 Å². The van der Waals surface area contributed by atoms with Gasteiger partial charge >= 0.3 is 5.97 Å². The van der Waals surface area contributed by atoms with Crippen molar-refractivity contribution in [2.75, 3.05) is 25.0 Å². The van der Waals surface area contributed by atoms with Crippen molar-refractivity contribution >= 4 is 21.7 Å². The summed E-state index contributed by atoms with van der Waals surface area (Å²) in [4.78, 5) is 15.1. The second-order valence-electron chi connectivity index (χ2n) is 4.98. The summed E-state index contributed by atoms with van der Waals surface area (Å²) in [6, 6.07) is 1.52. The highest BCUT2D eigenvalue weighted by Crippen LogP contribution is 2.24. The Morgan fingerprint density at radius 2 is 2.29 bits per heavy atom. The van der Waals surface area contributed by atoms with Gasteiger partial charge in [0, 0.05) is 25.8 Å². The largest absolute Gasteiger partial charge is 0.481 e. The van der Waals surface area contributed by atoms with E-state index >= 15 is 0 Å². The lowest BCUT2D eigenvalue weighted by Crippen LogP contribution is -2.42. The van der Waals surface area contributed by atoms with E-state index in [1.54, 1.807) is 6.20 Å². The normalized spacial score (nSPS) is 20.1. The number of nitrogens with zero attached hydrogens (tertiary/aromatic N) is 2. The van der Waals surface area contributed by atoms with Crippen LogP contribution in [0.3, 0.4) is 0 Å². The maximum Gasteiger partial charge on any atom is 0.307 e. The molecule has 116 valence electrons. The number of piperidine rings is 1. The Hall–Kier alpha value is -1.67. The van der Waals surface area contributed by atoms with Crippen molar-refractivity contribution < 1.29 is 18.3 Å². The predicted octanol–water partition coefficient (Wildman–Crippen LogP) is 0.999. The third-order valence-electron chi connectivity index (χ3n) is 3.47. The molecule has 2 N–H and O–H groups in total. The molecule has 1 aromatic rings. The van der Waals surface area contributed by atoms with E-state index in [9.17, 15) is 13.2 Å². The number of pyridine rings is 1. The molecule has 8 heteroatoms. The smallest absolute Gasteiger partial charge is 0.307 e. The van der Waals surface area contributed by atoms with E-state index in [-0.39, 0.29) is 11.4 Å². The monoisotopic (exact) mass is 313 g/mol. The third-order valence-corrected chi connectivity index (χ3v) is 5.30. The Kier molecular flexibility index (Phi) is 4.79. The van der Waals surface area contributed by atoms with Gasteiger partial charge in [-0.15, -0.1) is 0 Å². The minimum absolute atomic E-state index is 0.0170.